The zero-order valence-electron chi connectivity index (χ0n) is 14.8. The Labute approximate surface area is 144 Å². The summed E-state index contributed by atoms with van der Waals surface area (Å²) >= 11 is 0. The van der Waals surface area contributed by atoms with Gasteiger partial charge in [-0.1, -0.05) is 32.1 Å². The summed E-state index contributed by atoms with van der Waals surface area (Å²) < 4.78 is 0. The summed E-state index contributed by atoms with van der Waals surface area (Å²) in [6, 6.07) is 0.351. The highest BCUT2D eigenvalue weighted by Crippen LogP contribution is 2.38. The van der Waals surface area contributed by atoms with E-state index in [4.69, 9.17) is 0 Å². The molecule has 1 aliphatic heterocycles. The van der Waals surface area contributed by atoms with Crippen LogP contribution in [0, 0.1) is 11.8 Å². The molecule has 5 heteroatoms. The molecular formula is C19H30N2O3. The van der Waals surface area contributed by atoms with Crippen molar-refractivity contribution in [3.63, 3.8) is 0 Å². The van der Waals surface area contributed by atoms with Gasteiger partial charge < -0.3 is 4.90 Å². The summed E-state index contributed by atoms with van der Waals surface area (Å²) in [4.78, 5) is 41.0. The minimum Gasteiger partial charge on any atom is -0.340 e. The highest BCUT2D eigenvalue weighted by Gasteiger charge is 2.47. The molecule has 2 atom stereocenters. The van der Waals surface area contributed by atoms with Gasteiger partial charge in [-0.25, -0.2) is 0 Å². The van der Waals surface area contributed by atoms with Crippen molar-refractivity contribution in [1.82, 2.24) is 9.80 Å². The third-order valence-corrected chi connectivity index (χ3v) is 6.16. The molecule has 3 fully saturated rings. The largest absolute Gasteiger partial charge is 0.340 e. The number of fused-ring (bicyclic) bond motifs is 1. The lowest BCUT2D eigenvalue weighted by Gasteiger charge is -2.34. The molecule has 0 aromatic carbocycles. The van der Waals surface area contributed by atoms with E-state index >= 15 is 0 Å². The molecule has 3 rings (SSSR count). The molecule has 5 nitrogen and oxygen atoms in total. The Balaban J connectivity index is 1.57. The van der Waals surface area contributed by atoms with Crippen LogP contribution in [-0.2, 0) is 14.4 Å². The first-order valence-corrected chi connectivity index (χ1v) is 9.78. The van der Waals surface area contributed by atoms with Crippen LogP contribution in [0.4, 0.5) is 0 Å². The van der Waals surface area contributed by atoms with Gasteiger partial charge in [0, 0.05) is 25.6 Å². The van der Waals surface area contributed by atoms with Crippen LogP contribution in [0.1, 0.15) is 71.1 Å². The van der Waals surface area contributed by atoms with Crippen LogP contribution < -0.4 is 0 Å². The molecule has 2 saturated carbocycles. The van der Waals surface area contributed by atoms with Gasteiger partial charge >= 0.3 is 0 Å². The highest BCUT2D eigenvalue weighted by atomic mass is 16.2. The Hall–Kier alpha value is -1.39. The summed E-state index contributed by atoms with van der Waals surface area (Å²) in [7, 11) is 0. The fourth-order valence-electron chi connectivity index (χ4n) is 4.83. The zero-order chi connectivity index (χ0) is 17.1. The second kappa shape index (κ2) is 7.66. The summed E-state index contributed by atoms with van der Waals surface area (Å²) in [5, 5.41) is 0. The van der Waals surface area contributed by atoms with Crippen LogP contribution in [-0.4, -0.2) is 46.7 Å². The average molecular weight is 334 g/mol. The molecule has 1 saturated heterocycles. The van der Waals surface area contributed by atoms with Crippen molar-refractivity contribution in [2.24, 2.45) is 11.8 Å². The molecule has 0 aromatic heterocycles. The summed E-state index contributed by atoms with van der Waals surface area (Å²) in [6.07, 6.45) is 9.86. The first-order valence-electron chi connectivity index (χ1n) is 9.78. The van der Waals surface area contributed by atoms with Crippen molar-refractivity contribution in [3.05, 3.63) is 0 Å². The van der Waals surface area contributed by atoms with E-state index in [-0.39, 0.29) is 42.5 Å². The second-order valence-electron chi connectivity index (χ2n) is 7.55. The molecule has 2 aliphatic carbocycles. The molecule has 0 radical (unpaired) electrons. The van der Waals surface area contributed by atoms with E-state index in [0.29, 0.717) is 6.04 Å². The maximum atomic E-state index is 12.6. The van der Waals surface area contributed by atoms with Crippen LogP contribution in [0.3, 0.4) is 0 Å². The van der Waals surface area contributed by atoms with E-state index in [1.165, 1.54) is 24.2 Å². The molecule has 0 bridgehead atoms. The van der Waals surface area contributed by atoms with Gasteiger partial charge in [0.15, 0.2) is 0 Å². The van der Waals surface area contributed by atoms with Crippen LogP contribution in [0.25, 0.3) is 0 Å². The van der Waals surface area contributed by atoms with Crippen molar-refractivity contribution in [2.75, 3.05) is 13.1 Å². The minimum atomic E-state index is -0.109. The monoisotopic (exact) mass is 334 g/mol. The van der Waals surface area contributed by atoms with E-state index in [9.17, 15) is 14.4 Å². The standard InChI is InChI=1S/C19H30N2O3/c1-2-20(14-8-4-3-5-9-14)17(22)12-13-21-18(23)15-10-6-7-11-16(15)19(21)24/h14-16H,2-13H2,1H3/t15-,16+. The van der Waals surface area contributed by atoms with Gasteiger partial charge in [0.1, 0.15) is 0 Å². The Morgan fingerprint density at radius 3 is 2.04 bits per heavy atom. The van der Waals surface area contributed by atoms with Gasteiger partial charge in [-0.05, 0) is 32.6 Å². The number of likely N-dealkylation sites (tertiary alicyclic amines) is 1. The summed E-state index contributed by atoms with van der Waals surface area (Å²) in [5.74, 6) is -0.180. The second-order valence-corrected chi connectivity index (χ2v) is 7.55. The number of amides is 3. The van der Waals surface area contributed by atoms with Crippen molar-refractivity contribution in [2.45, 2.75) is 77.2 Å². The van der Waals surface area contributed by atoms with Crippen LogP contribution in [0.2, 0.25) is 0 Å². The first-order chi connectivity index (χ1) is 11.6. The molecule has 0 spiro atoms. The normalized spacial score (nSPS) is 28.1. The Morgan fingerprint density at radius 2 is 1.50 bits per heavy atom. The highest BCUT2D eigenvalue weighted by molar-refractivity contribution is 6.05. The van der Waals surface area contributed by atoms with Gasteiger partial charge in [-0.15, -0.1) is 0 Å². The topological polar surface area (TPSA) is 57.7 Å². The van der Waals surface area contributed by atoms with Gasteiger partial charge in [0.05, 0.1) is 11.8 Å². The molecule has 24 heavy (non-hydrogen) atoms. The Kier molecular flexibility index (Phi) is 5.57. The SMILES string of the molecule is CCN(C(=O)CCN1C(=O)[C@H]2CCCC[C@H]2C1=O)C1CCCCC1. The van der Waals surface area contributed by atoms with E-state index in [1.54, 1.807) is 0 Å². The van der Waals surface area contributed by atoms with Crippen molar-refractivity contribution >= 4 is 17.7 Å². The number of hydrogen-bond donors (Lipinski definition) is 0. The number of carbonyl (C=O) groups excluding carboxylic acids is 3. The third kappa shape index (κ3) is 3.35. The third-order valence-electron chi connectivity index (χ3n) is 6.16. The fourth-order valence-corrected chi connectivity index (χ4v) is 4.83. The van der Waals surface area contributed by atoms with Gasteiger partial charge in [-0.3, -0.25) is 19.3 Å². The average Bonchev–Trinajstić information content (AvgIpc) is 2.86. The lowest BCUT2D eigenvalue weighted by Crippen LogP contribution is -2.43. The van der Waals surface area contributed by atoms with Crippen molar-refractivity contribution < 1.29 is 14.4 Å². The molecule has 3 aliphatic rings. The van der Waals surface area contributed by atoms with Crippen molar-refractivity contribution in [3.8, 4) is 0 Å². The number of imide groups is 1. The first kappa shape index (κ1) is 17.4. The van der Waals surface area contributed by atoms with Gasteiger partial charge in [0.2, 0.25) is 17.7 Å². The smallest absolute Gasteiger partial charge is 0.233 e. The Bertz CT molecular complexity index is 475. The summed E-state index contributed by atoms with van der Waals surface area (Å²) in [5.41, 5.74) is 0. The Morgan fingerprint density at radius 1 is 0.958 bits per heavy atom. The maximum absolute atomic E-state index is 12.6. The van der Waals surface area contributed by atoms with E-state index < -0.39 is 0 Å². The van der Waals surface area contributed by atoms with Crippen LogP contribution >= 0.6 is 0 Å². The van der Waals surface area contributed by atoms with Gasteiger partial charge in [-0.2, -0.15) is 0 Å². The predicted molar refractivity (Wildman–Crippen MR) is 91.0 cm³/mol. The number of nitrogens with zero attached hydrogens (tertiary/aromatic N) is 2. The molecule has 0 aromatic rings. The van der Waals surface area contributed by atoms with Gasteiger partial charge in [0.25, 0.3) is 0 Å². The predicted octanol–water partition coefficient (Wildman–Crippen LogP) is 2.73. The molecule has 134 valence electrons. The molecule has 0 unspecified atom stereocenters. The zero-order valence-corrected chi connectivity index (χ0v) is 14.8. The van der Waals surface area contributed by atoms with Crippen LogP contribution in [0.15, 0.2) is 0 Å². The lowest BCUT2D eigenvalue weighted by molar-refractivity contribution is -0.141. The fraction of sp³-hybridized carbons (Fsp3) is 0.842. The number of hydrogen-bond acceptors (Lipinski definition) is 3. The lowest BCUT2D eigenvalue weighted by atomic mass is 9.81. The van der Waals surface area contributed by atoms with Crippen molar-refractivity contribution in [1.29, 1.82) is 0 Å². The number of rotatable bonds is 5. The molecule has 0 N–H and O–H groups in total. The maximum Gasteiger partial charge on any atom is 0.233 e. The van der Waals surface area contributed by atoms with E-state index in [2.05, 4.69) is 0 Å². The van der Waals surface area contributed by atoms with Crippen LogP contribution in [0.5, 0.6) is 0 Å². The van der Waals surface area contributed by atoms with E-state index in [0.717, 1.165) is 45.1 Å². The quantitative estimate of drug-likeness (QED) is 0.726. The number of carbonyl (C=O) groups is 3. The van der Waals surface area contributed by atoms with E-state index in [1.807, 2.05) is 11.8 Å². The molecule has 3 amide bonds. The summed E-state index contributed by atoms with van der Waals surface area (Å²) in [6.45, 7) is 3.01. The molecule has 1 heterocycles. The molecular weight excluding hydrogens is 304 g/mol. The minimum absolute atomic E-state index is 0.0294.